The van der Waals surface area contributed by atoms with Crippen LogP contribution in [0.25, 0.3) is 0 Å². The molecule has 2 atom stereocenters. The van der Waals surface area contributed by atoms with Crippen LogP contribution in [-0.2, 0) is 9.53 Å². The van der Waals surface area contributed by atoms with Crippen molar-refractivity contribution in [2.24, 2.45) is 0 Å². The van der Waals surface area contributed by atoms with Crippen LogP contribution in [0.3, 0.4) is 0 Å². The average molecular weight is 484 g/mol. The van der Waals surface area contributed by atoms with Crippen LogP contribution in [0.5, 0.6) is 0 Å². The number of alkyl halides is 3. The van der Waals surface area contributed by atoms with E-state index in [-0.39, 0.29) is 23.0 Å². The molecule has 178 valence electrons. The molecule has 0 radical (unpaired) electrons. The Morgan fingerprint density at radius 1 is 1.03 bits per heavy atom. The van der Waals surface area contributed by atoms with Gasteiger partial charge in [-0.1, -0.05) is 54.2 Å². The Hall–Kier alpha value is -3.08. The van der Waals surface area contributed by atoms with Crippen molar-refractivity contribution in [1.29, 1.82) is 0 Å². The highest BCUT2D eigenvalue weighted by Crippen LogP contribution is 2.37. The maximum atomic E-state index is 13.0. The molecule has 0 bridgehead atoms. The number of amides is 1. The normalized spacial score (nSPS) is 13.6. The Bertz CT molecular complexity index is 976. The van der Waals surface area contributed by atoms with Gasteiger partial charge in [-0.2, -0.15) is 13.2 Å². The smallest absolute Gasteiger partial charge is 0.408 e. The van der Waals surface area contributed by atoms with Crippen LogP contribution in [0, 0.1) is 10.1 Å². The molecule has 0 aliphatic carbocycles. The topological polar surface area (TPSA) is 98.5 Å². The second-order valence-electron chi connectivity index (χ2n) is 8.08. The molecule has 1 amide bonds. The summed E-state index contributed by atoms with van der Waals surface area (Å²) in [6.45, 7) is 4.92. The molecule has 2 rings (SSSR count). The summed E-state index contributed by atoms with van der Waals surface area (Å²) in [4.78, 5) is 35.9. The maximum Gasteiger partial charge on any atom is 0.408 e. The van der Waals surface area contributed by atoms with E-state index in [9.17, 15) is 32.9 Å². The van der Waals surface area contributed by atoms with Gasteiger partial charge < -0.3 is 10.1 Å². The molecule has 0 aliphatic heterocycles. The minimum Gasteiger partial charge on any atom is -0.444 e. The number of halogens is 3. The molecule has 33 heavy (non-hydrogen) atoms. The Balaban J connectivity index is 2.52. The number of hydrogen-bond acceptors (Lipinski definition) is 6. The van der Waals surface area contributed by atoms with E-state index >= 15 is 0 Å². The van der Waals surface area contributed by atoms with Crippen molar-refractivity contribution in [3.05, 3.63) is 75.8 Å². The van der Waals surface area contributed by atoms with Crippen molar-refractivity contribution >= 4 is 28.7 Å². The fourth-order valence-electron chi connectivity index (χ4n) is 2.96. The van der Waals surface area contributed by atoms with Crippen LogP contribution in [0.15, 0.2) is 54.6 Å². The number of hydrogen-bond donors (Lipinski definition) is 1. The average Bonchev–Trinajstić information content (AvgIpc) is 2.71. The maximum absolute atomic E-state index is 13.0. The molecule has 1 N–H and O–H groups in total. The number of nitro groups is 1. The van der Waals surface area contributed by atoms with Gasteiger partial charge in [0, 0.05) is 12.1 Å². The Morgan fingerprint density at radius 3 is 2.09 bits per heavy atom. The number of thioether (sulfide) groups is 1. The van der Waals surface area contributed by atoms with Gasteiger partial charge in [-0.3, -0.25) is 14.9 Å². The van der Waals surface area contributed by atoms with Crippen molar-refractivity contribution in [2.45, 2.75) is 44.5 Å². The van der Waals surface area contributed by atoms with E-state index in [0.29, 0.717) is 5.56 Å². The second-order valence-corrected chi connectivity index (χ2v) is 9.06. The van der Waals surface area contributed by atoms with E-state index in [1.165, 1.54) is 12.1 Å². The lowest BCUT2D eigenvalue weighted by Crippen LogP contribution is -2.39. The predicted octanol–water partition coefficient (Wildman–Crippen LogP) is 5.77. The van der Waals surface area contributed by atoms with Crippen LogP contribution in [0.1, 0.15) is 43.9 Å². The molecule has 0 spiro atoms. The Labute approximate surface area is 192 Å². The molecule has 0 saturated carbocycles. The van der Waals surface area contributed by atoms with E-state index in [0.717, 1.165) is 12.1 Å². The lowest BCUT2D eigenvalue weighted by Gasteiger charge is -2.29. The van der Waals surface area contributed by atoms with Crippen LogP contribution >= 0.6 is 11.8 Å². The van der Waals surface area contributed by atoms with E-state index < -0.39 is 45.6 Å². The van der Waals surface area contributed by atoms with Gasteiger partial charge >= 0.3 is 12.3 Å². The Kier molecular flexibility index (Phi) is 8.48. The molecule has 0 unspecified atom stereocenters. The highest BCUT2D eigenvalue weighted by molar-refractivity contribution is 8.13. The first-order chi connectivity index (χ1) is 15.3. The van der Waals surface area contributed by atoms with Gasteiger partial charge in [0.25, 0.3) is 5.69 Å². The van der Waals surface area contributed by atoms with Gasteiger partial charge in [0.1, 0.15) is 5.60 Å². The van der Waals surface area contributed by atoms with Gasteiger partial charge in [0.05, 0.1) is 22.6 Å². The van der Waals surface area contributed by atoms with Crippen molar-refractivity contribution in [1.82, 2.24) is 5.32 Å². The number of carbonyl (C=O) groups excluding carboxylic acids is 2. The fraction of sp³-hybridized carbons (Fsp3) is 0.364. The van der Waals surface area contributed by atoms with Gasteiger partial charge in [0.15, 0.2) is 5.12 Å². The number of benzene rings is 2. The Morgan fingerprint density at radius 2 is 1.61 bits per heavy atom. The lowest BCUT2D eigenvalue weighted by atomic mass is 9.87. The molecule has 0 aliphatic rings. The lowest BCUT2D eigenvalue weighted by molar-refractivity contribution is -0.384. The van der Waals surface area contributed by atoms with Crippen LogP contribution in [-0.4, -0.2) is 33.7 Å². The number of nitrogens with one attached hydrogen (secondary N) is 1. The van der Waals surface area contributed by atoms with E-state index in [4.69, 9.17) is 4.74 Å². The first-order valence-electron chi connectivity index (χ1n) is 9.79. The molecule has 0 fully saturated rings. The SMILES string of the molecule is CC(C)(C)OC(=O)N[C@@H](c1ccccc1)[C@H](C(=O)SCC(F)(F)F)c1ccc([N+](=O)[O-])cc1. The summed E-state index contributed by atoms with van der Waals surface area (Å²) in [7, 11) is 0. The fourth-order valence-corrected chi connectivity index (χ4v) is 3.72. The summed E-state index contributed by atoms with van der Waals surface area (Å²) < 4.78 is 43.7. The number of nitro benzene ring substituents is 1. The van der Waals surface area contributed by atoms with Crippen molar-refractivity contribution < 1.29 is 32.4 Å². The summed E-state index contributed by atoms with van der Waals surface area (Å²) in [6.07, 6.45) is -5.45. The predicted molar refractivity (Wildman–Crippen MR) is 118 cm³/mol. The number of non-ortho nitro benzene ring substituents is 1. The summed E-state index contributed by atoms with van der Waals surface area (Å²) in [5.41, 5.74) is -0.439. The zero-order valence-corrected chi connectivity index (χ0v) is 18.9. The van der Waals surface area contributed by atoms with E-state index in [1.54, 1.807) is 51.1 Å². The zero-order chi connectivity index (χ0) is 24.8. The minimum atomic E-state index is -4.58. The standard InChI is InChI=1S/C22H23F3N2O5S/c1-21(2,3)32-20(29)26-18(15-7-5-4-6-8-15)17(19(28)33-13-22(23,24)25)14-9-11-16(12-10-14)27(30)31/h4-12,17-18H,13H2,1-3H3,(H,26,29)/t17-,18+/m1/s1. The largest absolute Gasteiger partial charge is 0.444 e. The molecule has 2 aromatic rings. The summed E-state index contributed by atoms with van der Waals surface area (Å²) in [5.74, 6) is -2.68. The number of carbonyl (C=O) groups is 2. The number of ether oxygens (including phenoxy) is 1. The third-order valence-corrected chi connectivity index (χ3v) is 5.27. The quantitative estimate of drug-likeness (QED) is 0.396. The first kappa shape index (κ1) is 26.2. The highest BCUT2D eigenvalue weighted by atomic mass is 32.2. The summed E-state index contributed by atoms with van der Waals surface area (Å²) in [6, 6.07) is 12.0. The zero-order valence-electron chi connectivity index (χ0n) is 18.1. The van der Waals surface area contributed by atoms with E-state index in [1.807, 2.05) is 0 Å². The van der Waals surface area contributed by atoms with Gasteiger partial charge in [-0.25, -0.2) is 4.79 Å². The van der Waals surface area contributed by atoms with Gasteiger partial charge in [-0.05, 0) is 31.9 Å². The molecule has 11 heteroatoms. The van der Waals surface area contributed by atoms with Gasteiger partial charge in [0.2, 0.25) is 0 Å². The number of nitrogens with zero attached hydrogens (tertiary/aromatic N) is 1. The van der Waals surface area contributed by atoms with Crippen molar-refractivity contribution in [3.8, 4) is 0 Å². The molecular weight excluding hydrogens is 461 g/mol. The van der Waals surface area contributed by atoms with Crippen LogP contribution in [0.4, 0.5) is 23.7 Å². The number of alkyl carbamates (subject to hydrolysis) is 1. The molecule has 0 saturated heterocycles. The van der Waals surface area contributed by atoms with Crippen LogP contribution in [0.2, 0.25) is 0 Å². The first-order valence-corrected chi connectivity index (χ1v) is 10.8. The number of rotatable bonds is 7. The third kappa shape index (κ3) is 8.41. The van der Waals surface area contributed by atoms with Crippen molar-refractivity contribution in [2.75, 3.05) is 5.75 Å². The van der Waals surface area contributed by atoms with Crippen LogP contribution < -0.4 is 5.32 Å². The molecule has 2 aromatic carbocycles. The molecular formula is C22H23F3N2O5S. The summed E-state index contributed by atoms with van der Waals surface area (Å²) in [5, 5.41) is 12.7. The molecule has 7 nitrogen and oxygen atoms in total. The molecule has 0 heterocycles. The third-order valence-electron chi connectivity index (χ3n) is 4.26. The summed E-state index contributed by atoms with van der Waals surface area (Å²) >= 11 is 0.0701. The second kappa shape index (κ2) is 10.7. The van der Waals surface area contributed by atoms with Crippen molar-refractivity contribution in [3.63, 3.8) is 0 Å². The highest BCUT2D eigenvalue weighted by Gasteiger charge is 2.37. The monoisotopic (exact) mass is 484 g/mol. The molecule has 0 aromatic heterocycles. The minimum absolute atomic E-state index is 0.0701. The van der Waals surface area contributed by atoms with E-state index in [2.05, 4.69) is 5.32 Å². The van der Waals surface area contributed by atoms with Gasteiger partial charge in [-0.15, -0.1) is 0 Å².